The lowest BCUT2D eigenvalue weighted by molar-refractivity contribution is -0.130. The van der Waals surface area contributed by atoms with Crippen molar-refractivity contribution >= 4 is 28.9 Å². The number of esters is 1. The first-order chi connectivity index (χ1) is 12.5. The number of hydrogen-bond donors (Lipinski definition) is 1. The maximum Gasteiger partial charge on any atom is 0.340 e. The van der Waals surface area contributed by atoms with Crippen LogP contribution in [0, 0.1) is 11.6 Å². The summed E-state index contributed by atoms with van der Waals surface area (Å²) in [5.41, 5.74) is -0.506. The van der Waals surface area contributed by atoms with Gasteiger partial charge in [-0.3, -0.25) is 4.79 Å². The van der Waals surface area contributed by atoms with Crippen LogP contribution in [0.1, 0.15) is 34.1 Å². The molecule has 26 heavy (non-hydrogen) atoms. The molecule has 1 fully saturated rings. The summed E-state index contributed by atoms with van der Waals surface area (Å²) in [7, 11) is 1.11. The quantitative estimate of drug-likeness (QED) is 0.806. The molecule has 5 nitrogen and oxygen atoms in total. The summed E-state index contributed by atoms with van der Waals surface area (Å²) in [5.74, 6) is -2.97. The van der Waals surface area contributed by atoms with Crippen molar-refractivity contribution in [2.24, 2.45) is 0 Å². The fourth-order valence-electron chi connectivity index (χ4n) is 3.07. The largest absolute Gasteiger partial charge is 0.465 e. The number of carbonyl (C=O) groups excluding carboxylic acids is 2. The van der Waals surface area contributed by atoms with E-state index in [-0.39, 0.29) is 29.7 Å². The van der Waals surface area contributed by atoms with Crippen LogP contribution in [0.25, 0.3) is 0 Å². The Bertz CT molecular complexity index is 811. The van der Waals surface area contributed by atoms with Gasteiger partial charge in [0.1, 0.15) is 11.6 Å². The number of hydrogen-bond acceptors (Lipinski definition) is 5. The molecule has 1 aromatic heterocycles. The lowest BCUT2D eigenvalue weighted by atomic mass is 10.1. The number of anilines is 1. The number of ether oxygens (including phenoxy) is 1. The monoisotopic (exact) mass is 380 g/mol. The van der Waals surface area contributed by atoms with Gasteiger partial charge in [-0.05, 0) is 30.4 Å². The number of benzene rings is 1. The Labute approximate surface area is 153 Å². The Kier molecular flexibility index (Phi) is 5.51. The number of nitrogens with zero attached hydrogens (tertiary/aromatic N) is 1. The van der Waals surface area contributed by atoms with E-state index in [2.05, 4.69) is 10.1 Å². The molecule has 8 heteroatoms. The first kappa shape index (κ1) is 18.3. The predicted molar refractivity (Wildman–Crippen MR) is 94.2 cm³/mol. The molecule has 0 spiro atoms. The highest BCUT2D eigenvalue weighted by molar-refractivity contribution is 7.10. The van der Waals surface area contributed by atoms with Gasteiger partial charge in [-0.25, -0.2) is 13.6 Å². The summed E-state index contributed by atoms with van der Waals surface area (Å²) >= 11 is 1.60. The van der Waals surface area contributed by atoms with Gasteiger partial charge in [0.2, 0.25) is 5.91 Å². The van der Waals surface area contributed by atoms with Crippen LogP contribution in [-0.2, 0) is 9.53 Å². The van der Waals surface area contributed by atoms with Crippen LogP contribution in [0.5, 0.6) is 0 Å². The highest BCUT2D eigenvalue weighted by Gasteiger charge is 2.30. The van der Waals surface area contributed by atoms with E-state index in [1.165, 1.54) is 0 Å². The van der Waals surface area contributed by atoms with Crippen molar-refractivity contribution in [3.8, 4) is 0 Å². The second-order valence-electron chi connectivity index (χ2n) is 5.92. The summed E-state index contributed by atoms with van der Waals surface area (Å²) < 4.78 is 32.1. The van der Waals surface area contributed by atoms with Crippen LogP contribution in [0.4, 0.5) is 14.5 Å². The number of carbonyl (C=O) groups is 2. The van der Waals surface area contributed by atoms with Gasteiger partial charge in [-0.15, -0.1) is 11.3 Å². The first-order valence-corrected chi connectivity index (χ1v) is 9.03. The van der Waals surface area contributed by atoms with E-state index in [4.69, 9.17) is 0 Å². The molecule has 1 aromatic carbocycles. The van der Waals surface area contributed by atoms with E-state index in [0.29, 0.717) is 12.6 Å². The zero-order valence-corrected chi connectivity index (χ0v) is 14.9. The van der Waals surface area contributed by atoms with Crippen molar-refractivity contribution in [3.05, 3.63) is 51.7 Å². The molecule has 1 atom stereocenters. The fraction of sp³-hybridized carbons (Fsp3) is 0.333. The van der Waals surface area contributed by atoms with Crippen molar-refractivity contribution in [1.82, 2.24) is 4.90 Å². The number of rotatable bonds is 5. The smallest absolute Gasteiger partial charge is 0.340 e. The van der Waals surface area contributed by atoms with Gasteiger partial charge in [0, 0.05) is 17.5 Å². The van der Waals surface area contributed by atoms with Crippen molar-refractivity contribution in [2.75, 3.05) is 25.5 Å². The van der Waals surface area contributed by atoms with Gasteiger partial charge < -0.3 is 15.0 Å². The van der Waals surface area contributed by atoms with Gasteiger partial charge in [0.15, 0.2) is 0 Å². The van der Waals surface area contributed by atoms with Gasteiger partial charge in [-0.1, -0.05) is 6.07 Å². The Morgan fingerprint density at radius 2 is 2.15 bits per heavy atom. The molecule has 0 aliphatic carbocycles. The van der Waals surface area contributed by atoms with Crippen molar-refractivity contribution in [3.63, 3.8) is 0 Å². The third-order valence-corrected chi connectivity index (χ3v) is 5.31. The zero-order valence-electron chi connectivity index (χ0n) is 14.1. The Morgan fingerprint density at radius 1 is 1.35 bits per heavy atom. The average molecular weight is 380 g/mol. The van der Waals surface area contributed by atoms with Crippen LogP contribution < -0.4 is 5.32 Å². The van der Waals surface area contributed by atoms with Crippen molar-refractivity contribution < 1.29 is 23.1 Å². The van der Waals surface area contributed by atoms with Crippen LogP contribution in [0.3, 0.4) is 0 Å². The lowest BCUT2D eigenvalue weighted by Crippen LogP contribution is -2.35. The molecule has 2 aromatic rings. The Morgan fingerprint density at radius 3 is 2.85 bits per heavy atom. The maximum absolute atomic E-state index is 13.9. The lowest BCUT2D eigenvalue weighted by Gasteiger charge is -2.24. The highest BCUT2D eigenvalue weighted by atomic mass is 32.1. The van der Waals surface area contributed by atoms with Crippen molar-refractivity contribution in [1.29, 1.82) is 0 Å². The topological polar surface area (TPSA) is 58.6 Å². The fourth-order valence-corrected chi connectivity index (χ4v) is 3.94. The third kappa shape index (κ3) is 3.70. The minimum absolute atomic E-state index is 0.0352. The van der Waals surface area contributed by atoms with E-state index in [0.717, 1.165) is 30.9 Å². The number of halogens is 2. The number of amides is 1. The third-order valence-electron chi connectivity index (χ3n) is 4.34. The van der Waals surface area contributed by atoms with E-state index >= 15 is 0 Å². The number of likely N-dealkylation sites (tertiary alicyclic amines) is 1. The van der Waals surface area contributed by atoms with Gasteiger partial charge in [0.25, 0.3) is 0 Å². The van der Waals surface area contributed by atoms with Gasteiger partial charge in [-0.2, -0.15) is 0 Å². The molecule has 138 valence electrons. The normalized spacial score (nSPS) is 16.6. The summed E-state index contributed by atoms with van der Waals surface area (Å²) in [6, 6.07) is 5.60. The standard InChI is InChI=1S/C18H18F2N2O3S/c1-25-18(24)11-8-14(13(20)9-12(11)19)21-10-17(23)22-6-2-4-15(22)16-5-3-7-26-16/h3,5,7-9,15,21H,2,4,6,10H2,1H3. The molecule has 0 radical (unpaired) electrons. The van der Waals surface area contributed by atoms with E-state index in [1.54, 1.807) is 16.2 Å². The molecule has 0 saturated carbocycles. The molecule has 1 amide bonds. The van der Waals surface area contributed by atoms with Crippen LogP contribution in [-0.4, -0.2) is 37.0 Å². The number of thiophene rings is 1. The number of nitrogens with one attached hydrogen (secondary N) is 1. The first-order valence-electron chi connectivity index (χ1n) is 8.15. The zero-order chi connectivity index (χ0) is 18.7. The maximum atomic E-state index is 13.9. The summed E-state index contributed by atoms with van der Waals surface area (Å²) in [5, 5.41) is 4.63. The SMILES string of the molecule is COC(=O)c1cc(NCC(=O)N2CCCC2c2cccs2)c(F)cc1F. The molecule has 1 aliphatic heterocycles. The molecule has 1 aliphatic rings. The summed E-state index contributed by atoms with van der Waals surface area (Å²) in [6.07, 6.45) is 1.80. The van der Waals surface area contributed by atoms with E-state index in [9.17, 15) is 18.4 Å². The highest BCUT2D eigenvalue weighted by Crippen LogP contribution is 2.34. The molecular formula is C18H18F2N2O3S. The molecule has 1 N–H and O–H groups in total. The number of methoxy groups -OCH3 is 1. The van der Waals surface area contributed by atoms with E-state index < -0.39 is 17.6 Å². The molecule has 0 bridgehead atoms. The second kappa shape index (κ2) is 7.82. The van der Waals surface area contributed by atoms with Crippen LogP contribution in [0.2, 0.25) is 0 Å². The predicted octanol–water partition coefficient (Wildman–Crippen LogP) is 3.59. The minimum atomic E-state index is -1.01. The molecule has 2 heterocycles. The van der Waals surface area contributed by atoms with Crippen molar-refractivity contribution in [2.45, 2.75) is 18.9 Å². The van der Waals surface area contributed by atoms with Crippen LogP contribution in [0.15, 0.2) is 29.6 Å². The summed E-state index contributed by atoms with van der Waals surface area (Å²) in [4.78, 5) is 27.0. The molecule has 1 unspecified atom stereocenters. The summed E-state index contributed by atoms with van der Waals surface area (Å²) in [6.45, 7) is 0.493. The van der Waals surface area contributed by atoms with Gasteiger partial charge in [0.05, 0.1) is 30.9 Å². The minimum Gasteiger partial charge on any atom is -0.465 e. The van der Waals surface area contributed by atoms with E-state index in [1.807, 2.05) is 17.5 Å². The molecular weight excluding hydrogens is 362 g/mol. The van der Waals surface area contributed by atoms with Crippen LogP contribution >= 0.6 is 11.3 Å². The average Bonchev–Trinajstić information content (AvgIpc) is 3.31. The Hall–Kier alpha value is -2.48. The van der Waals surface area contributed by atoms with Gasteiger partial charge >= 0.3 is 5.97 Å². The molecule has 3 rings (SSSR count). The molecule has 1 saturated heterocycles. The Balaban J connectivity index is 1.70. The second-order valence-corrected chi connectivity index (χ2v) is 6.90.